The smallest absolute Gasteiger partial charge is 0.293 e. The molecule has 0 bridgehead atoms. The number of thiazole rings is 1. The summed E-state index contributed by atoms with van der Waals surface area (Å²) in [7, 11) is -0.602. The molecule has 0 saturated heterocycles. The van der Waals surface area contributed by atoms with Crippen molar-refractivity contribution in [2.45, 2.75) is 11.8 Å². The summed E-state index contributed by atoms with van der Waals surface area (Å²) < 4.78 is 37.7. The first kappa shape index (κ1) is 20.3. The number of ether oxygens (including phenoxy) is 1. The SMILES string of the molecule is CCOc1cccc2cc(C(=O)Nc3nc4ccc(S(=O)(=O)N(C)C)cc4s3)oc12. The van der Waals surface area contributed by atoms with Gasteiger partial charge < -0.3 is 9.15 Å². The number of amides is 1. The first-order chi connectivity index (χ1) is 14.3. The summed E-state index contributed by atoms with van der Waals surface area (Å²) in [6, 6.07) is 11.8. The quantitative estimate of drug-likeness (QED) is 0.482. The van der Waals surface area contributed by atoms with Crippen molar-refractivity contribution in [2.24, 2.45) is 0 Å². The minimum Gasteiger partial charge on any atom is -0.490 e. The molecule has 0 spiro atoms. The average Bonchev–Trinajstić information content (AvgIpc) is 3.31. The van der Waals surface area contributed by atoms with Crippen LogP contribution in [0.3, 0.4) is 0 Å². The highest BCUT2D eigenvalue weighted by atomic mass is 32.2. The van der Waals surface area contributed by atoms with Gasteiger partial charge in [-0.05, 0) is 37.3 Å². The summed E-state index contributed by atoms with van der Waals surface area (Å²) in [5.41, 5.74) is 1.10. The highest BCUT2D eigenvalue weighted by molar-refractivity contribution is 7.89. The summed E-state index contributed by atoms with van der Waals surface area (Å²) in [5, 5.41) is 3.82. The standard InChI is InChI=1S/C20H19N3O5S2/c1-4-27-15-7-5-6-12-10-16(28-18(12)15)19(24)22-20-21-14-9-8-13(11-17(14)29-20)30(25,26)23(2)3/h5-11H,4H2,1-3H3,(H,21,22,24). The van der Waals surface area contributed by atoms with Crippen LogP contribution in [0.25, 0.3) is 21.2 Å². The fourth-order valence-electron chi connectivity index (χ4n) is 2.91. The Kier molecular flexibility index (Phi) is 5.22. The zero-order chi connectivity index (χ0) is 21.5. The highest BCUT2D eigenvalue weighted by Gasteiger charge is 2.20. The summed E-state index contributed by atoms with van der Waals surface area (Å²) in [5.74, 6) is 0.254. The van der Waals surface area contributed by atoms with Crippen molar-refractivity contribution >= 4 is 53.6 Å². The molecule has 4 aromatic rings. The summed E-state index contributed by atoms with van der Waals surface area (Å²) in [6.45, 7) is 2.36. The Balaban J connectivity index is 1.62. The van der Waals surface area contributed by atoms with Crippen LogP contribution >= 0.6 is 11.3 Å². The Morgan fingerprint density at radius 1 is 1.23 bits per heavy atom. The summed E-state index contributed by atoms with van der Waals surface area (Å²) >= 11 is 1.19. The van der Waals surface area contributed by atoms with E-state index in [9.17, 15) is 13.2 Å². The predicted molar refractivity (Wildman–Crippen MR) is 116 cm³/mol. The number of hydrogen-bond acceptors (Lipinski definition) is 7. The number of fused-ring (bicyclic) bond motifs is 2. The Morgan fingerprint density at radius 3 is 2.77 bits per heavy atom. The number of furan rings is 1. The van der Waals surface area contributed by atoms with Gasteiger partial charge in [-0.1, -0.05) is 23.5 Å². The second kappa shape index (κ2) is 7.71. The molecule has 1 N–H and O–H groups in total. The van der Waals surface area contributed by atoms with Crippen LogP contribution in [-0.4, -0.2) is 44.3 Å². The number of nitrogens with one attached hydrogen (secondary N) is 1. The van der Waals surface area contributed by atoms with E-state index in [1.54, 1.807) is 24.3 Å². The molecule has 1 amide bonds. The molecule has 0 fully saturated rings. The van der Waals surface area contributed by atoms with Crippen molar-refractivity contribution in [1.29, 1.82) is 0 Å². The molecule has 10 heteroatoms. The number of sulfonamides is 1. The Hall–Kier alpha value is -2.95. The van der Waals surface area contributed by atoms with Gasteiger partial charge in [0.05, 0.1) is 21.7 Å². The van der Waals surface area contributed by atoms with Gasteiger partial charge in [0.25, 0.3) is 5.91 Å². The predicted octanol–water partition coefficient (Wildman–Crippen LogP) is 3.94. The fourth-order valence-corrected chi connectivity index (χ4v) is 4.81. The molecular formula is C20H19N3O5S2. The van der Waals surface area contributed by atoms with Crippen LogP contribution in [0.2, 0.25) is 0 Å². The van der Waals surface area contributed by atoms with Gasteiger partial charge in [-0.15, -0.1) is 0 Å². The fraction of sp³-hybridized carbons (Fsp3) is 0.200. The van der Waals surface area contributed by atoms with E-state index in [2.05, 4.69) is 10.3 Å². The van der Waals surface area contributed by atoms with Crippen molar-refractivity contribution < 1.29 is 22.4 Å². The number of hydrogen-bond donors (Lipinski definition) is 1. The molecule has 0 atom stereocenters. The van der Waals surface area contributed by atoms with Crippen LogP contribution in [-0.2, 0) is 10.0 Å². The molecule has 0 aliphatic heterocycles. The van der Waals surface area contributed by atoms with Crippen molar-refractivity contribution in [2.75, 3.05) is 26.0 Å². The lowest BCUT2D eigenvalue weighted by Gasteiger charge is -2.10. The zero-order valence-electron chi connectivity index (χ0n) is 16.5. The average molecular weight is 446 g/mol. The van der Waals surface area contributed by atoms with Crippen LogP contribution in [0, 0.1) is 0 Å². The van der Waals surface area contributed by atoms with Gasteiger partial charge in [0.2, 0.25) is 10.0 Å². The minimum atomic E-state index is -3.55. The number of para-hydroxylation sites is 1. The Morgan fingerprint density at radius 2 is 2.03 bits per heavy atom. The lowest BCUT2D eigenvalue weighted by Crippen LogP contribution is -2.22. The van der Waals surface area contributed by atoms with Crippen molar-refractivity contribution in [3.8, 4) is 5.75 Å². The van der Waals surface area contributed by atoms with E-state index in [-0.39, 0.29) is 10.7 Å². The normalized spacial score (nSPS) is 12.0. The van der Waals surface area contributed by atoms with Gasteiger partial charge in [-0.2, -0.15) is 0 Å². The number of rotatable bonds is 6. The van der Waals surface area contributed by atoms with E-state index in [0.29, 0.717) is 33.3 Å². The third-order valence-electron chi connectivity index (χ3n) is 4.39. The molecule has 0 unspecified atom stereocenters. The molecule has 8 nitrogen and oxygen atoms in total. The lowest BCUT2D eigenvalue weighted by molar-refractivity contribution is 0.0998. The van der Waals surface area contributed by atoms with Crippen LogP contribution in [0.5, 0.6) is 5.75 Å². The van der Waals surface area contributed by atoms with Gasteiger partial charge in [0, 0.05) is 19.5 Å². The number of nitrogens with zero attached hydrogens (tertiary/aromatic N) is 2. The molecule has 156 valence electrons. The van der Waals surface area contributed by atoms with E-state index in [1.807, 2.05) is 19.1 Å². The van der Waals surface area contributed by atoms with Gasteiger partial charge >= 0.3 is 0 Å². The molecule has 30 heavy (non-hydrogen) atoms. The number of benzene rings is 2. The Labute approximate surface area is 177 Å². The van der Waals surface area contributed by atoms with Crippen molar-refractivity contribution in [1.82, 2.24) is 9.29 Å². The third kappa shape index (κ3) is 3.64. The van der Waals surface area contributed by atoms with Crippen molar-refractivity contribution in [3.05, 3.63) is 48.2 Å². The molecule has 0 aliphatic carbocycles. The summed E-state index contributed by atoms with van der Waals surface area (Å²) in [4.78, 5) is 17.2. The van der Waals surface area contributed by atoms with Crippen LogP contribution in [0.1, 0.15) is 17.5 Å². The molecule has 2 aromatic heterocycles. The van der Waals surface area contributed by atoms with E-state index >= 15 is 0 Å². The molecule has 2 heterocycles. The van der Waals surface area contributed by atoms with Gasteiger partial charge in [-0.25, -0.2) is 17.7 Å². The maximum atomic E-state index is 12.7. The van der Waals surface area contributed by atoms with Crippen LogP contribution in [0.15, 0.2) is 51.8 Å². The first-order valence-electron chi connectivity index (χ1n) is 9.09. The van der Waals surface area contributed by atoms with E-state index in [0.717, 1.165) is 9.69 Å². The largest absolute Gasteiger partial charge is 0.490 e. The van der Waals surface area contributed by atoms with Gasteiger partial charge in [0.15, 0.2) is 22.2 Å². The van der Waals surface area contributed by atoms with E-state index < -0.39 is 15.9 Å². The zero-order valence-corrected chi connectivity index (χ0v) is 18.1. The molecule has 2 aromatic carbocycles. The van der Waals surface area contributed by atoms with E-state index in [4.69, 9.17) is 9.15 Å². The highest BCUT2D eigenvalue weighted by Crippen LogP contribution is 2.31. The lowest BCUT2D eigenvalue weighted by atomic mass is 10.2. The molecule has 0 aliphatic rings. The van der Waals surface area contributed by atoms with Crippen molar-refractivity contribution in [3.63, 3.8) is 0 Å². The number of anilines is 1. The van der Waals surface area contributed by atoms with Crippen LogP contribution in [0.4, 0.5) is 5.13 Å². The molecular weight excluding hydrogens is 426 g/mol. The number of aromatic nitrogens is 1. The number of carbonyl (C=O) groups is 1. The third-order valence-corrected chi connectivity index (χ3v) is 7.14. The molecule has 0 saturated carbocycles. The number of carbonyl (C=O) groups excluding carboxylic acids is 1. The van der Waals surface area contributed by atoms with E-state index in [1.165, 1.54) is 31.5 Å². The first-order valence-corrected chi connectivity index (χ1v) is 11.3. The topological polar surface area (TPSA) is 102 Å². The second-order valence-electron chi connectivity index (χ2n) is 6.61. The minimum absolute atomic E-state index is 0.132. The second-order valence-corrected chi connectivity index (χ2v) is 9.79. The van der Waals surface area contributed by atoms with Gasteiger partial charge in [-0.3, -0.25) is 10.1 Å². The van der Waals surface area contributed by atoms with Gasteiger partial charge in [0.1, 0.15) is 0 Å². The summed E-state index contributed by atoms with van der Waals surface area (Å²) in [6.07, 6.45) is 0. The Bertz CT molecular complexity index is 1360. The maximum Gasteiger partial charge on any atom is 0.293 e. The monoisotopic (exact) mass is 445 g/mol. The molecule has 4 rings (SSSR count). The maximum absolute atomic E-state index is 12.7. The molecule has 0 radical (unpaired) electrons. The van der Waals surface area contributed by atoms with Crippen LogP contribution < -0.4 is 10.1 Å².